The number of nitriles is 1. The lowest BCUT2D eigenvalue weighted by molar-refractivity contribution is 0.0519. The molecular formula is C9H7FN2O2. The molecule has 0 aromatic carbocycles. The van der Waals surface area contributed by atoms with Crippen LogP contribution in [0.25, 0.3) is 0 Å². The number of hydrogen-bond acceptors (Lipinski definition) is 4. The van der Waals surface area contributed by atoms with E-state index in [9.17, 15) is 9.18 Å². The maximum Gasteiger partial charge on any atom is 0.358 e. The molecule has 0 fully saturated rings. The minimum atomic E-state index is -0.718. The summed E-state index contributed by atoms with van der Waals surface area (Å²) in [5.74, 6) is -1.38. The highest BCUT2D eigenvalue weighted by Gasteiger charge is 2.14. The Balaban J connectivity index is 3.09. The summed E-state index contributed by atoms with van der Waals surface area (Å²) >= 11 is 0. The SMILES string of the molecule is CCOC(=O)c1ncc(F)cc1C#N. The molecule has 1 aromatic heterocycles. The van der Waals surface area contributed by atoms with Crippen LogP contribution in [0.4, 0.5) is 4.39 Å². The summed E-state index contributed by atoms with van der Waals surface area (Å²) in [5.41, 5.74) is -0.279. The number of aromatic nitrogens is 1. The van der Waals surface area contributed by atoms with E-state index in [2.05, 4.69) is 9.72 Å². The molecule has 0 N–H and O–H groups in total. The van der Waals surface area contributed by atoms with Crippen LogP contribution in [0.15, 0.2) is 12.3 Å². The van der Waals surface area contributed by atoms with Gasteiger partial charge in [0.05, 0.1) is 18.4 Å². The number of ether oxygens (including phenoxy) is 1. The molecule has 0 radical (unpaired) electrons. The molecule has 0 atom stereocenters. The van der Waals surface area contributed by atoms with Crippen molar-refractivity contribution in [2.75, 3.05) is 6.61 Å². The van der Waals surface area contributed by atoms with Gasteiger partial charge in [0, 0.05) is 0 Å². The Bertz CT molecular complexity index is 398. The third-order valence-electron chi connectivity index (χ3n) is 1.44. The second-order valence-electron chi connectivity index (χ2n) is 2.38. The first-order chi connectivity index (χ1) is 6.69. The monoisotopic (exact) mass is 194 g/mol. The van der Waals surface area contributed by atoms with Gasteiger partial charge in [0.25, 0.3) is 0 Å². The maximum absolute atomic E-state index is 12.6. The second kappa shape index (κ2) is 4.33. The van der Waals surface area contributed by atoms with Crippen molar-refractivity contribution in [3.63, 3.8) is 0 Å². The molecule has 0 bridgehead atoms. The van der Waals surface area contributed by atoms with Crippen LogP contribution in [0.5, 0.6) is 0 Å². The fraction of sp³-hybridized carbons (Fsp3) is 0.222. The molecule has 0 aliphatic carbocycles. The average Bonchev–Trinajstić information content (AvgIpc) is 2.17. The Hall–Kier alpha value is -1.96. The quantitative estimate of drug-likeness (QED) is 0.665. The van der Waals surface area contributed by atoms with Gasteiger partial charge >= 0.3 is 5.97 Å². The molecule has 1 heterocycles. The van der Waals surface area contributed by atoms with E-state index in [0.29, 0.717) is 0 Å². The number of carbonyl (C=O) groups excluding carboxylic acids is 1. The van der Waals surface area contributed by atoms with Crippen LogP contribution in [-0.4, -0.2) is 17.6 Å². The molecule has 0 aliphatic rings. The van der Waals surface area contributed by atoms with Crippen LogP contribution < -0.4 is 0 Å². The second-order valence-corrected chi connectivity index (χ2v) is 2.38. The van der Waals surface area contributed by atoms with Crippen LogP contribution in [0.3, 0.4) is 0 Å². The van der Waals surface area contributed by atoms with Crippen LogP contribution in [0, 0.1) is 17.1 Å². The van der Waals surface area contributed by atoms with E-state index in [4.69, 9.17) is 5.26 Å². The Morgan fingerprint density at radius 2 is 2.50 bits per heavy atom. The lowest BCUT2D eigenvalue weighted by Crippen LogP contribution is -2.09. The van der Waals surface area contributed by atoms with Crippen molar-refractivity contribution >= 4 is 5.97 Å². The lowest BCUT2D eigenvalue weighted by Gasteiger charge is -2.01. The van der Waals surface area contributed by atoms with Crippen LogP contribution >= 0.6 is 0 Å². The van der Waals surface area contributed by atoms with Crippen LogP contribution in [0.1, 0.15) is 23.0 Å². The van der Waals surface area contributed by atoms with E-state index in [0.717, 1.165) is 12.3 Å². The summed E-state index contributed by atoms with van der Waals surface area (Å²) in [7, 11) is 0. The predicted molar refractivity (Wildman–Crippen MR) is 44.9 cm³/mol. The number of pyridine rings is 1. The molecule has 4 nitrogen and oxygen atoms in total. The van der Waals surface area contributed by atoms with Gasteiger partial charge in [-0.3, -0.25) is 0 Å². The highest BCUT2D eigenvalue weighted by atomic mass is 19.1. The van der Waals surface area contributed by atoms with E-state index in [1.54, 1.807) is 13.0 Å². The van der Waals surface area contributed by atoms with Gasteiger partial charge in [-0.25, -0.2) is 14.2 Å². The van der Waals surface area contributed by atoms with E-state index in [1.807, 2.05) is 0 Å². The first-order valence-corrected chi connectivity index (χ1v) is 3.91. The molecule has 0 saturated carbocycles. The summed E-state index contributed by atoms with van der Waals surface area (Å²) in [5, 5.41) is 8.60. The van der Waals surface area contributed by atoms with Gasteiger partial charge in [-0.2, -0.15) is 5.26 Å². The largest absolute Gasteiger partial charge is 0.461 e. The minimum Gasteiger partial charge on any atom is -0.461 e. The Morgan fingerprint density at radius 1 is 1.79 bits per heavy atom. The van der Waals surface area contributed by atoms with Crippen LogP contribution in [-0.2, 0) is 4.74 Å². The zero-order valence-corrected chi connectivity index (χ0v) is 7.45. The summed E-state index contributed by atoms with van der Waals surface area (Å²) < 4.78 is 17.3. The van der Waals surface area contributed by atoms with Crippen molar-refractivity contribution in [3.05, 3.63) is 29.3 Å². The van der Waals surface area contributed by atoms with E-state index < -0.39 is 11.8 Å². The number of carbonyl (C=O) groups is 1. The standard InChI is InChI=1S/C9H7FN2O2/c1-2-14-9(13)8-6(4-11)3-7(10)5-12-8/h3,5H,2H2,1H3. The Morgan fingerprint density at radius 3 is 3.07 bits per heavy atom. The van der Waals surface area contributed by atoms with Gasteiger partial charge in [0.2, 0.25) is 0 Å². The fourth-order valence-corrected chi connectivity index (χ4v) is 0.887. The van der Waals surface area contributed by atoms with Gasteiger partial charge in [-0.1, -0.05) is 0 Å². The summed E-state index contributed by atoms with van der Waals surface area (Å²) in [4.78, 5) is 14.7. The number of rotatable bonds is 2. The highest BCUT2D eigenvalue weighted by molar-refractivity contribution is 5.89. The minimum absolute atomic E-state index is 0.122. The number of nitrogens with zero attached hydrogens (tertiary/aromatic N) is 2. The molecule has 0 unspecified atom stereocenters. The lowest BCUT2D eigenvalue weighted by atomic mass is 10.2. The third kappa shape index (κ3) is 2.04. The Kier molecular flexibility index (Phi) is 3.13. The van der Waals surface area contributed by atoms with Crippen molar-refractivity contribution < 1.29 is 13.9 Å². The first kappa shape index (κ1) is 10.1. The zero-order valence-electron chi connectivity index (χ0n) is 7.45. The van der Waals surface area contributed by atoms with Gasteiger partial charge < -0.3 is 4.74 Å². The van der Waals surface area contributed by atoms with Gasteiger partial charge in [0.1, 0.15) is 11.9 Å². The number of hydrogen-bond donors (Lipinski definition) is 0. The van der Waals surface area contributed by atoms with Crippen molar-refractivity contribution in [1.82, 2.24) is 4.98 Å². The average molecular weight is 194 g/mol. The molecule has 1 aromatic rings. The molecule has 0 aliphatic heterocycles. The first-order valence-electron chi connectivity index (χ1n) is 3.91. The van der Waals surface area contributed by atoms with Crippen molar-refractivity contribution in [1.29, 1.82) is 5.26 Å². The van der Waals surface area contributed by atoms with E-state index in [1.165, 1.54) is 0 Å². The fourth-order valence-electron chi connectivity index (χ4n) is 0.887. The van der Waals surface area contributed by atoms with Crippen molar-refractivity contribution in [2.24, 2.45) is 0 Å². The van der Waals surface area contributed by atoms with Gasteiger partial charge in [-0.05, 0) is 13.0 Å². The molecule has 0 saturated heterocycles. The molecule has 1 rings (SSSR count). The molecule has 0 spiro atoms. The zero-order chi connectivity index (χ0) is 10.6. The molecule has 0 amide bonds. The predicted octanol–water partition coefficient (Wildman–Crippen LogP) is 1.27. The van der Waals surface area contributed by atoms with Crippen molar-refractivity contribution in [3.8, 4) is 6.07 Å². The maximum atomic E-state index is 12.6. The van der Waals surface area contributed by atoms with Gasteiger partial charge in [0.15, 0.2) is 5.69 Å². The number of esters is 1. The highest BCUT2D eigenvalue weighted by Crippen LogP contribution is 2.08. The summed E-state index contributed by atoms with van der Waals surface area (Å²) in [6, 6.07) is 2.62. The molecule has 14 heavy (non-hydrogen) atoms. The summed E-state index contributed by atoms with van der Waals surface area (Å²) in [6.45, 7) is 1.82. The van der Waals surface area contributed by atoms with E-state index >= 15 is 0 Å². The van der Waals surface area contributed by atoms with Crippen LogP contribution in [0.2, 0.25) is 0 Å². The third-order valence-corrected chi connectivity index (χ3v) is 1.44. The molecular weight excluding hydrogens is 187 g/mol. The molecule has 5 heteroatoms. The normalized spacial score (nSPS) is 9.21. The topological polar surface area (TPSA) is 63.0 Å². The Labute approximate surface area is 79.9 Å². The summed E-state index contributed by atoms with van der Waals surface area (Å²) in [6.07, 6.45) is 0.868. The smallest absolute Gasteiger partial charge is 0.358 e. The van der Waals surface area contributed by atoms with E-state index in [-0.39, 0.29) is 17.9 Å². The molecule has 72 valence electrons. The number of halogens is 1. The van der Waals surface area contributed by atoms with Gasteiger partial charge in [-0.15, -0.1) is 0 Å². The van der Waals surface area contributed by atoms with Crippen molar-refractivity contribution in [2.45, 2.75) is 6.92 Å².